The quantitative estimate of drug-likeness (QED) is 0.819. The predicted octanol–water partition coefficient (Wildman–Crippen LogP) is 1.41. The number of hydrogen-bond acceptors (Lipinski definition) is 4. The van der Waals surface area contributed by atoms with Crippen molar-refractivity contribution in [2.24, 2.45) is 0 Å². The highest BCUT2D eigenvalue weighted by Gasteiger charge is 2.13. The molecule has 1 aromatic heterocycles. The van der Waals surface area contributed by atoms with Crippen LogP contribution in [-0.4, -0.2) is 42.4 Å². The second-order valence-corrected chi connectivity index (χ2v) is 4.04. The van der Waals surface area contributed by atoms with Gasteiger partial charge in [0.2, 0.25) is 0 Å². The molecule has 1 saturated heterocycles. The lowest BCUT2D eigenvalue weighted by Crippen LogP contribution is -2.27. The van der Waals surface area contributed by atoms with Crippen molar-refractivity contribution >= 4 is 17.9 Å². The molecule has 1 aromatic rings. The number of pyridine rings is 1. The van der Waals surface area contributed by atoms with Crippen LogP contribution in [0.4, 0.5) is 5.82 Å². The first-order valence-corrected chi connectivity index (χ1v) is 5.96. The van der Waals surface area contributed by atoms with E-state index in [0.29, 0.717) is 6.61 Å². The van der Waals surface area contributed by atoms with Crippen molar-refractivity contribution in [2.45, 2.75) is 6.42 Å². The van der Waals surface area contributed by atoms with Gasteiger partial charge < -0.3 is 14.7 Å². The molecule has 2 rings (SSSR count). The van der Waals surface area contributed by atoms with Gasteiger partial charge in [0.05, 0.1) is 6.61 Å². The third kappa shape index (κ3) is 3.30. The number of nitrogens with zero attached hydrogens (tertiary/aromatic N) is 2. The Labute approximate surface area is 106 Å². The smallest absolute Gasteiger partial charge is 0.328 e. The van der Waals surface area contributed by atoms with Crippen LogP contribution in [-0.2, 0) is 9.53 Å². The molecule has 0 saturated carbocycles. The first-order chi connectivity index (χ1) is 8.77. The Balaban J connectivity index is 2.22. The van der Waals surface area contributed by atoms with E-state index in [0.717, 1.165) is 43.6 Å². The van der Waals surface area contributed by atoms with Gasteiger partial charge in [-0.3, -0.25) is 0 Å². The van der Waals surface area contributed by atoms with Gasteiger partial charge in [0, 0.05) is 37.5 Å². The summed E-state index contributed by atoms with van der Waals surface area (Å²) in [6.45, 7) is 3.11. The number of anilines is 1. The minimum atomic E-state index is -0.955. The van der Waals surface area contributed by atoms with Crippen molar-refractivity contribution in [2.75, 3.05) is 31.2 Å². The molecule has 1 aliphatic rings. The minimum absolute atomic E-state index is 0.679. The molecule has 1 N–H and O–H groups in total. The van der Waals surface area contributed by atoms with E-state index < -0.39 is 5.97 Å². The summed E-state index contributed by atoms with van der Waals surface area (Å²) in [5.41, 5.74) is 0.821. The Kier molecular flexibility index (Phi) is 4.30. The van der Waals surface area contributed by atoms with Gasteiger partial charge in [-0.15, -0.1) is 0 Å². The molecule has 1 fully saturated rings. The molecule has 0 unspecified atom stereocenters. The standard InChI is InChI=1S/C13H16N2O3/c16-12(17)5-4-11-3-1-6-14-13(11)15-7-2-9-18-10-8-15/h1,3-6H,2,7-10H2,(H,16,17)/b5-4+. The molecule has 0 bridgehead atoms. The van der Waals surface area contributed by atoms with Gasteiger partial charge in [-0.05, 0) is 24.6 Å². The predicted molar refractivity (Wildman–Crippen MR) is 68.6 cm³/mol. The van der Waals surface area contributed by atoms with Crippen LogP contribution in [0, 0.1) is 0 Å². The molecular formula is C13H16N2O3. The number of aromatic nitrogens is 1. The molecule has 0 atom stereocenters. The highest BCUT2D eigenvalue weighted by atomic mass is 16.5. The molecule has 96 valence electrons. The number of hydrogen-bond donors (Lipinski definition) is 1. The van der Waals surface area contributed by atoms with Crippen LogP contribution in [0.5, 0.6) is 0 Å². The van der Waals surface area contributed by atoms with Crippen LogP contribution in [0.25, 0.3) is 6.08 Å². The number of carboxylic acid groups (broad SMARTS) is 1. The lowest BCUT2D eigenvalue weighted by molar-refractivity contribution is -0.131. The molecule has 5 heteroatoms. The van der Waals surface area contributed by atoms with Crippen LogP contribution in [0.1, 0.15) is 12.0 Å². The molecule has 0 aromatic carbocycles. The van der Waals surface area contributed by atoms with Crippen molar-refractivity contribution in [1.82, 2.24) is 4.98 Å². The van der Waals surface area contributed by atoms with Crippen molar-refractivity contribution in [3.8, 4) is 0 Å². The lowest BCUT2D eigenvalue weighted by Gasteiger charge is -2.22. The van der Waals surface area contributed by atoms with E-state index in [1.54, 1.807) is 18.3 Å². The van der Waals surface area contributed by atoms with E-state index >= 15 is 0 Å². The van der Waals surface area contributed by atoms with Crippen LogP contribution < -0.4 is 4.90 Å². The van der Waals surface area contributed by atoms with Crippen LogP contribution in [0.2, 0.25) is 0 Å². The molecule has 5 nitrogen and oxygen atoms in total. The average molecular weight is 248 g/mol. The zero-order valence-electron chi connectivity index (χ0n) is 10.1. The number of carboxylic acids is 1. The van der Waals surface area contributed by atoms with Crippen molar-refractivity contribution < 1.29 is 14.6 Å². The minimum Gasteiger partial charge on any atom is -0.478 e. The first-order valence-electron chi connectivity index (χ1n) is 5.96. The van der Waals surface area contributed by atoms with Gasteiger partial charge in [-0.25, -0.2) is 9.78 Å². The van der Waals surface area contributed by atoms with Crippen LogP contribution in [0.3, 0.4) is 0 Å². The number of carbonyl (C=O) groups is 1. The van der Waals surface area contributed by atoms with Gasteiger partial charge in [-0.2, -0.15) is 0 Å². The third-order valence-corrected chi connectivity index (χ3v) is 2.74. The van der Waals surface area contributed by atoms with E-state index in [9.17, 15) is 4.79 Å². The van der Waals surface area contributed by atoms with Crippen molar-refractivity contribution in [3.63, 3.8) is 0 Å². The summed E-state index contributed by atoms with van der Waals surface area (Å²) >= 11 is 0. The SMILES string of the molecule is O=C(O)/C=C/c1cccnc1N1CCCOCC1. The summed E-state index contributed by atoms with van der Waals surface area (Å²) in [5, 5.41) is 8.68. The fourth-order valence-electron chi connectivity index (χ4n) is 1.92. The summed E-state index contributed by atoms with van der Waals surface area (Å²) in [6.07, 6.45) is 5.39. The Morgan fingerprint density at radius 3 is 3.17 bits per heavy atom. The maximum Gasteiger partial charge on any atom is 0.328 e. The highest BCUT2D eigenvalue weighted by Crippen LogP contribution is 2.19. The van der Waals surface area contributed by atoms with Gasteiger partial charge in [-0.1, -0.05) is 0 Å². The lowest BCUT2D eigenvalue weighted by atomic mass is 10.2. The van der Waals surface area contributed by atoms with Crippen LogP contribution >= 0.6 is 0 Å². The molecule has 0 radical (unpaired) electrons. The Morgan fingerprint density at radius 1 is 1.44 bits per heavy atom. The maximum absolute atomic E-state index is 10.6. The number of aliphatic carboxylic acids is 1. The van der Waals surface area contributed by atoms with E-state index in [1.807, 2.05) is 6.07 Å². The van der Waals surface area contributed by atoms with Crippen molar-refractivity contribution in [1.29, 1.82) is 0 Å². The molecule has 0 spiro atoms. The van der Waals surface area contributed by atoms with E-state index in [-0.39, 0.29) is 0 Å². The largest absolute Gasteiger partial charge is 0.478 e. The normalized spacial score (nSPS) is 16.8. The third-order valence-electron chi connectivity index (χ3n) is 2.74. The Bertz CT molecular complexity index is 438. The molecule has 0 amide bonds. The van der Waals surface area contributed by atoms with Gasteiger partial charge >= 0.3 is 5.97 Å². The molecule has 0 aliphatic carbocycles. The van der Waals surface area contributed by atoms with Gasteiger partial charge in [0.25, 0.3) is 0 Å². The zero-order chi connectivity index (χ0) is 12.8. The van der Waals surface area contributed by atoms with Crippen molar-refractivity contribution in [3.05, 3.63) is 30.0 Å². The number of rotatable bonds is 3. The summed E-state index contributed by atoms with van der Waals surface area (Å²) < 4.78 is 5.40. The summed E-state index contributed by atoms with van der Waals surface area (Å²) in [6, 6.07) is 3.67. The second-order valence-electron chi connectivity index (χ2n) is 4.04. The Hall–Kier alpha value is -1.88. The highest BCUT2D eigenvalue weighted by molar-refractivity contribution is 5.86. The summed E-state index contributed by atoms with van der Waals surface area (Å²) in [4.78, 5) is 17.1. The maximum atomic E-state index is 10.6. The van der Waals surface area contributed by atoms with E-state index in [4.69, 9.17) is 9.84 Å². The topological polar surface area (TPSA) is 62.7 Å². The summed E-state index contributed by atoms with van der Waals surface area (Å²) in [5.74, 6) is -0.135. The van der Waals surface area contributed by atoms with E-state index in [2.05, 4.69) is 9.88 Å². The van der Waals surface area contributed by atoms with Crippen LogP contribution in [0.15, 0.2) is 24.4 Å². The van der Waals surface area contributed by atoms with E-state index in [1.165, 1.54) is 0 Å². The number of ether oxygens (including phenoxy) is 1. The average Bonchev–Trinajstić information content (AvgIpc) is 2.65. The zero-order valence-corrected chi connectivity index (χ0v) is 10.1. The second kappa shape index (κ2) is 6.16. The van der Waals surface area contributed by atoms with Gasteiger partial charge in [0.1, 0.15) is 5.82 Å². The molecule has 2 heterocycles. The fraction of sp³-hybridized carbons (Fsp3) is 0.385. The Morgan fingerprint density at radius 2 is 2.33 bits per heavy atom. The fourth-order valence-corrected chi connectivity index (χ4v) is 1.92. The molecular weight excluding hydrogens is 232 g/mol. The molecule has 1 aliphatic heterocycles. The van der Waals surface area contributed by atoms with Gasteiger partial charge in [0.15, 0.2) is 0 Å². The monoisotopic (exact) mass is 248 g/mol. The molecule has 18 heavy (non-hydrogen) atoms. The summed E-state index contributed by atoms with van der Waals surface area (Å²) in [7, 11) is 0. The first kappa shape index (κ1) is 12.6.